The standard InChI is InChI=1S/C13H19F3N2O2S/c1-3-17-10(2)8-18-21(19,20)9-11-5-4-6-12(7-11)13(14,15)16/h4-7,10,17-18H,3,8-9H2,1-2H3/t10-/m1/s1. The molecule has 0 saturated heterocycles. The molecule has 1 rings (SSSR count). The van der Waals surface area contributed by atoms with E-state index in [2.05, 4.69) is 10.0 Å². The Bertz CT molecular complexity index is 559. The van der Waals surface area contributed by atoms with Crippen LogP contribution in [0.1, 0.15) is 25.0 Å². The summed E-state index contributed by atoms with van der Waals surface area (Å²) >= 11 is 0. The lowest BCUT2D eigenvalue weighted by Crippen LogP contribution is -2.39. The molecule has 0 spiro atoms. The van der Waals surface area contributed by atoms with E-state index in [1.54, 1.807) is 0 Å². The molecule has 120 valence electrons. The molecule has 0 unspecified atom stereocenters. The number of rotatable bonds is 7. The van der Waals surface area contributed by atoms with Crippen LogP contribution in [0.2, 0.25) is 0 Å². The van der Waals surface area contributed by atoms with Gasteiger partial charge in [-0.1, -0.05) is 25.1 Å². The molecule has 0 amide bonds. The van der Waals surface area contributed by atoms with Crippen molar-refractivity contribution in [3.05, 3.63) is 35.4 Å². The highest BCUT2D eigenvalue weighted by Crippen LogP contribution is 2.29. The van der Waals surface area contributed by atoms with E-state index in [1.807, 2.05) is 13.8 Å². The van der Waals surface area contributed by atoms with Gasteiger partial charge in [-0.3, -0.25) is 0 Å². The van der Waals surface area contributed by atoms with Gasteiger partial charge in [0.2, 0.25) is 10.0 Å². The summed E-state index contributed by atoms with van der Waals surface area (Å²) in [6, 6.07) is 4.28. The summed E-state index contributed by atoms with van der Waals surface area (Å²) in [6.07, 6.45) is -4.48. The number of benzene rings is 1. The van der Waals surface area contributed by atoms with Crippen LogP contribution < -0.4 is 10.0 Å². The zero-order valence-electron chi connectivity index (χ0n) is 11.9. The van der Waals surface area contributed by atoms with Crippen molar-refractivity contribution in [1.82, 2.24) is 10.0 Å². The molecule has 1 aromatic carbocycles. The molecule has 0 aromatic heterocycles. The van der Waals surface area contributed by atoms with Crippen LogP contribution in [0.5, 0.6) is 0 Å². The second-order valence-electron chi connectivity index (χ2n) is 4.76. The maximum absolute atomic E-state index is 12.6. The number of likely N-dealkylation sites (N-methyl/N-ethyl adjacent to an activating group) is 1. The predicted octanol–water partition coefficient (Wildman–Crippen LogP) is 2.12. The lowest BCUT2D eigenvalue weighted by atomic mass is 10.1. The minimum Gasteiger partial charge on any atom is -0.313 e. The second kappa shape index (κ2) is 7.24. The lowest BCUT2D eigenvalue weighted by Gasteiger charge is -2.14. The van der Waals surface area contributed by atoms with Gasteiger partial charge in [-0.05, 0) is 25.1 Å². The Labute approximate surface area is 122 Å². The Balaban J connectivity index is 2.71. The van der Waals surface area contributed by atoms with Crippen LogP contribution in [0.25, 0.3) is 0 Å². The van der Waals surface area contributed by atoms with Crippen molar-refractivity contribution < 1.29 is 21.6 Å². The van der Waals surface area contributed by atoms with E-state index >= 15 is 0 Å². The molecule has 0 aliphatic rings. The normalized spacial score (nSPS) is 14.1. The summed E-state index contributed by atoms with van der Waals surface area (Å²) in [4.78, 5) is 0. The van der Waals surface area contributed by atoms with Crippen LogP contribution in [0.15, 0.2) is 24.3 Å². The van der Waals surface area contributed by atoms with Gasteiger partial charge in [0.05, 0.1) is 11.3 Å². The molecule has 1 atom stereocenters. The zero-order chi connectivity index (χ0) is 16.1. The molecule has 0 heterocycles. The number of nitrogens with one attached hydrogen (secondary N) is 2. The van der Waals surface area contributed by atoms with Crippen LogP contribution in [0.4, 0.5) is 13.2 Å². The molecule has 0 fully saturated rings. The van der Waals surface area contributed by atoms with Crippen molar-refractivity contribution >= 4 is 10.0 Å². The van der Waals surface area contributed by atoms with E-state index in [1.165, 1.54) is 12.1 Å². The highest BCUT2D eigenvalue weighted by atomic mass is 32.2. The minimum atomic E-state index is -4.48. The van der Waals surface area contributed by atoms with Crippen molar-refractivity contribution in [1.29, 1.82) is 0 Å². The first-order chi connectivity index (χ1) is 9.64. The summed E-state index contributed by atoms with van der Waals surface area (Å²) in [6.45, 7) is 4.61. The zero-order valence-corrected chi connectivity index (χ0v) is 12.7. The van der Waals surface area contributed by atoms with E-state index < -0.39 is 27.5 Å². The van der Waals surface area contributed by atoms with Crippen LogP contribution in [0, 0.1) is 0 Å². The fraction of sp³-hybridized carbons (Fsp3) is 0.538. The van der Waals surface area contributed by atoms with Gasteiger partial charge >= 0.3 is 6.18 Å². The molecule has 8 heteroatoms. The van der Waals surface area contributed by atoms with Gasteiger partial charge in [-0.2, -0.15) is 13.2 Å². The molecule has 0 bridgehead atoms. The van der Waals surface area contributed by atoms with E-state index in [9.17, 15) is 21.6 Å². The van der Waals surface area contributed by atoms with Crippen LogP contribution >= 0.6 is 0 Å². The van der Waals surface area contributed by atoms with Crippen molar-refractivity contribution in [3.8, 4) is 0 Å². The van der Waals surface area contributed by atoms with E-state index in [-0.39, 0.29) is 18.2 Å². The number of sulfonamides is 1. The van der Waals surface area contributed by atoms with Gasteiger partial charge in [0.25, 0.3) is 0 Å². The van der Waals surface area contributed by atoms with Gasteiger partial charge in [0, 0.05) is 12.6 Å². The van der Waals surface area contributed by atoms with E-state index in [0.717, 1.165) is 12.1 Å². The van der Waals surface area contributed by atoms with Crippen molar-refractivity contribution in [3.63, 3.8) is 0 Å². The fourth-order valence-corrected chi connectivity index (χ4v) is 3.00. The molecular weight excluding hydrogens is 305 g/mol. The van der Waals surface area contributed by atoms with Crippen LogP contribution in [-0.2, 0) is 22.0 Å². The lowest BCUT2D eigenvalue weighted by molar-refractivity contribution is -0.137. The molecular formula is C13H19F3N2O2S. The van der Waals surface area contributed by atoms with E-state index in [4.69, 9.17) is 0 Å². The van der Waals surface area contributed by atoms with Gasteiger partial charge in [-0.25, -0.2) is 13.1 Å². The molecule has 4 nitrogen and oxygen atoms in total. The minimum absolute atomic E-state index is 0.0497. The number of hydrogen-bond donors (Lipinski definition) is 2. The van der Waals surface area contributed by atoms with Crippen LogP contribution in [-0.4, -0.2) is 27.5 Å². The van der Waals surface area contributed by atoms with Gasteiger partial charge < -0.3 is 5.32 Å². The summed E-state index contributed by atoms with van der Waals surface area (Å²) in [7, 11) is -3.67. The Morgan fingerprint density at radius 2 is 1.95 bits per heavy atom. The first kappa shape index (κ1) is 17.9. The molecule has 0 saturated carbocycles. The van der Waals surface area contributed by atoms with Crippen molar-refractivity contribution in [2.45, 2.75) is 31.8 Å². The third kappa shape index (κ3) is 6.45. The Hall–Kier alpha value is -1.12. The maximum atomic E-state index is 12.6. The third-order valence-corrected chi connectivity index (χ3v) is 4.09. The largest absolute Gasteiger partial charge is 0.416 e. The number of hydrogen-bond acceptors (Lipinski definition) is 3. The fourth-order valence-electron chi connectivity index (χ4n) is 1.78. The topological polar surface area (TPSA) is 58.2 Å². The number of alkyl halides is 3. The number of halogens is 3. The predicted molar refractivity (Wildman–Crippen MR) is 75.2 cm³/mol. The molecule has 2 N–H and O–H groups in total. The quantitative estimate of drug-likeness (QED) is 0.808. The Kier molecular flexibility index (Phi) is 6.18. The third-order valence-electron chi connectivity index (χ3n) is 2.77. The summed E-state index contributed by atoms with van der Waals surface area (Å²) in [5, 5.41) is 3.04. The average Bonchev–Trinajstić information content (AvgIpc) is 2.36. The summed E-state index contributed by atoms with van der Waals surface area (Å²) < 4.78 is 63.8. The average molecular weight is 324 g/mol. The molecule has 1 aromatic rings. The SMILES string of the molecule is CCN[C@H](C)CNS(=O)(=O)Cc1cccc(C(F)(F)F)c1. The monoisotopic (exact) mass is 324 g/mol. The molecule has 0 aliphatic heterocycles. The maximum Gasteiger partial charge on any atom is 0.416 e. The first-order valence-corrected chi connectivity index (χ1v) is 8.16. The summed E-state index contributed by atoms with van der Waals surface area (Å²) in [5.74, 6) is -0.476. The Morgan fingerprint density at radius 3 is 2.52 bits per heavy atom. The first-order valence-electron chi connectivity index (χ1n) is 6.51. The highest BCUT2D eigenvalue weighted by Gasteiger charge is 2.30. The van der Waals surface area contributed by atoms with Gasteiger partial charge in [0.15, 0.2) is 0 Å². The smallest absolute Gasteiger partial charge is 0.313 e. The van der Waals surface area contributed by atoms with Gasteiger partial charge in [-0.15, -0.1) is 0 Å². The highest BCUT2D eigenvalue weighted by molar-refractivity contribution is 7.88. The van der Waals surface area contributed by atoms with Crippen LogP contribution in [0.3, 0.4) is 0 Å². The summed E-state index contributed by atoms with van der Waals surface area (Å²) in [5.41, 5.74) is -0.746. The molecule has 21 heavy (non-hydrogen) atoms. The Morgan fingerprint density at radius 1 is 1.29 bits per heavy atom. The van der Waals surface area contributed by atoms with E-state index in [0.29, 0.717) is 6.54 Å². The molecule has 0 aliphatic carbocycles. The van der Waals surface area contributed by atoms with Crippen molar-refractivity contribution in [2.24, 2.45) is 0 Å². The van der Waals surface area contributed by atoms with Gasteiger partial charge in [0.1, 0.15) is 0 Å². The van der Waals surface area contributed by atoms with Crippen molar-refractivity contribution in [2.75, 3.05) is 13.1 Å². The molecule has 0 radical (unpaired) electrons. The second-order valence-corrected chi connectivity index (χ2v) is 6.57.